The molecule has 1 aliphatic heterocycles. The van der Waals surface area contributed by atoms with Crippen LogP contribution in [0.4, 0.5) is 4.79 Å². The van der Waals surface area contributed by atoms with Gasteiger partial charge in [0.1, 0.15) is 6.61 Å². The molecule has 0 aromatic heterocycles. The van der Waals surface area contributed by atoms with Crippen molar-refractivity contribution >= 4 is 12.1 Å². The minimum absolute atomic E-state index is 0.0460. The van der Waals surface area contributed by atoms with Crippen LogP contribution in [0.3, 0.4) is 0 Å². The average molecular weight is 394 g/mol. The topological polar surface area (TPSA) is 78.9 Å². The first-order chi connectivity index (χ1) is 14.1. The van der Waals surface area contributed by atoms with E-state index in [0.717, 1.165) is 19.3 Å². The van der Waals surface area contributed by atoms with Crippen molar-refractivity contribution in [1.82, 2.24) is 10.2 Å². The van der Waals surface area contributed by atoms with Crippen LogP contribution >= 0.6 is 0 Å². The maximum atomic E-state index is 12.7. The van der Waals surface area contributed by atoms with Crippen molar-refractivity contribution in [1.29, 1.82) is 0 Å². The van der Waals surface area contributed by atoms with Crippen molar-refractivity contribution in [2.75, 3.05) is 26.2 Å². The normalized spacial score (nSPS) is 18.6. The molecule has 1 atom stereocenters. The summed E-state index contributed by atoms with van der Waals surface area (Å²) in [6.07, 6.45) is 2.14. The average Bonchev–Trinajstić information content (AvgIpc) is 2.87. The Morgan fingerprint density at radius 1 is 1.00 bits per heavy atom. The van der Waals surface area contributed by atoms with Gasteiger partial charge < -0.3 is 20.1 Å². The Morgan fingerprint density at radius 3 is 2.31 bits per heavy atom. The molecular weight excluding hydrogens is 368 g/mol. The highest BCUT2D eigenvalue weighted by Crippen LogP contribution is 2.44. The third kappa shape index (κ3) is 4.27. The Labute approximate surface area is 170 Å². The fraction of sp³-hybridized carbons (Fsp3) is 0.391. The van der Waals surface area contributed by atoms with Crippen LogP contribution in [0.2, 0.25) is 0 Å². The van der Waals surface area contributed by atoms with Gasteiger partial charge >= 0.3 is 12.1 Å². The summed E-state index contributed by atoms with van der Waals surface area (Å²) in [5.74, 6) is -0.800. The molecule has 1 amide bonds. The number of nitrogens with one attached hydrogen (secondary N) is 1. The Balaban J connectivity index is 1.37. The van der Waals surface area contributed by atoms with Gasteiger partial charge in [-0.1, -0.05) is 48.5 Å². The van der Waals surface area contributed by atoms with Gasteiger partial charge in [0.25, 0.3) is 0 Å². The number of nitrogens with zero attached hydrogens (tertiary/aromatic N) is 1. The monoisotopic (exact) mass is 394 g/mol. The fourth-order valence-electron chi connectivity index (χ4n) is 4.40. The number of ether oxygens (including phenoxy) is 1. The lowest BCUT2D eigenvalue weighted by molar-refractivity contribution is -0.136. The lowest BCUT2D eigenvalue weighted by Crippen LogP contribution is -2.36. The van der Waals surface area contributed by atoms with E-state index < -0.39 is 5.97 Å². The van der Waals surface area contributed by atoms with E-state index in [-0.39, 0.29) is 24.6 Å². The molecule has 1 aliphatic carbocycles. The molecule has 4 rings (SSSR count). The minimum atomic E-state index is -0.859. The number of hydrogen-bond donors (Lipinski definition) is 2. The van der Waals surface area contributed by atoms with Gasteiger partial charge in [0, 0.05) is 25.0 Å². The number of fused-ring (bicyclic) bond motifs is 3. The summed E-state index contributed by atoms with van der Waals surface area (Å²) in [4.78, 5) is 25.2. The molecule has 2 aromatic carbocycles. The van der Waals surface area contributed by atoms with Crippen molar-refractivity contribution in [3.8, 4) is 11.1 Å². The number of rotatable bonds is 5. The molecule has 0 spiro atoms. The van der Waals surface area contributed by atoms with Crippen LogP contribution in [0, 0.1) is 0 Å². The molecule has 0 radical (unpaired) electrons. The number of carboxylic acids is 1. The molecule has 0 bridgehead atoms. The third-order valence-electron chi connectivity index (χ3n) is 5.86. The van der Waals surface area contributed by atoms with Crippen molar-refractivity contribution in [2.45, 2.75) is 31.2 Å². The zero-order chi connectivity index (χ0) is 20.2. The maximum Gasteiger partial charge on any atom is 0.409 e. The first-order valence-electron chi connectivity index (χ1n) is 10.2. The van der Waals surface area contributed by atoms with Gasteiger partial charge in [-0.2, -0.15) is 0 Å². The molecule has 0 saturated carbocycles. The fourth-order valence-corrected chi connectivity index (χ4v) is 4.40. The third-order valence-corrected chi connectivity index (χ3v) is 5.86. The number of hydrogen-bond acceptors (Lipinski definition) is 4. The van der Waals surface area contributed by atoms with Gasteiger partial charge in [-0.15, -0.1) is 0 Å². The van der Waals surface area contributed by atoms with Gasteiger partial charge in [0.05, 0.1) is 6.54 Å². The second kappa shape index (κ2) is 8.66. The van der Waals surface area contributed by atoms with Gasteiger partial charge in [0.2, 0.25) is 0 Å². The van der Waals surface area contributed by atoms with E-state index in [1.165, 1.54) is 22.3 Å². The van der Waals surface area contributed by atoms with Gasteiger partial charge in [-0.25, -0.2) is 4.79 Å². The number of likely N-dealkylation sites (tertiary alicyclic amines) is 1. The Bertz CT molecular complexity index is 852. The first kappa shape index (κ1) is 19.5. The zero-order valence-electron chi connectivity index (χ0n) is 16.3. The summed E-state index contributed by atoms with van der Waals surface area (Å²) in [6.45, 7) is 1.50. The van der Waals surface area contributed by atoms with Crippen molar-refractivity contribution in [3.05, 3.63) is 59.7 Å². The molecule has 2 N–H and O–H groups in total. The molecule has 6 nitrogen and oxygen atoms in total. The highest BCUT2D eigenvalue weighted by molar-refractivity contribution is 5.79. The lowest BCUT2D eigenvalue weighted by atomic mass is 9.98. The molecule has 1 heterocycles. The molecule has 152 valence electrons. The maximum absolute atomic E-state index is 12.7. The predicted octanol–water partition coefficient (Wildman–Crippen LogP) is 3.46. The van der Waals surface area contributed by atoms with Crippen LogP contribution in [-0.2, 0) is 9.53 Å². The molecule has 1 saturated heterocycles. The van der Waals surface area contributed by atoms with Crippen molar-refractivity contribution in [3.63, 3.8) is 0 Å². The summed E-state index contributed by atoms with van der Waals surface area (Å²) in [5, 5.41) is 11.9. The van der Waals surface area contributed by atoms with Crippen molar-refractivity contribution in [2.24, 2.45) is 0 Å². The largest absolute Gasteiger partial charge is 0.480 e. The molecule has 2 aromatic rings. The van der Waals surface area contributed by atoms with Crippen LogP contribution in [0.1, 0.15) is 36.3 Å². The molecule has 6 heteroatoms. The standard InChI is InChI=1S/C23H26N2O4/c26-22(27)14-24-16-6-5-12-25(13-11-16)23(28)29-15-21-19-9-3-1-7-17(19)18-8-2-4-10-20(18)21/h1-4,7-10,16,21,24H,5-6,11-15H2,(H,26,27). The predicted molar refractivity (Wildman–Crippen MR) is 110 cm³/mol. The van der Waals surface area contributed by atoms with Crippen LogP contribution in [-0.4, -0.2) is 54.4 Å². The van der Waals surface area contributed by atoms with Gasteiger partial charge in [0.15, 0.2) is 0 Å². The number of carboxylic acid groups (broad SMARTS) is 1. The van der Waals surface area contributed by atoms with E-state index in [1.807, 2.05) is 24.3 Å². The molecule has 29 heavy (non-hydrogen) atoms. The quantitative estimate of drug-likeness (QED) is 0.812. The second-order valence-corrected chi connectivity index (χ2v) is 7.69. The highest BCUT2D eigenvalue weighted by Gasteiger charge is 2.30. The Morgan fingerprint density at radius 2 is 1.66 bits per heavy atom. The van der Waals surface area contributed by atoms with Crippen LogP contribution in [0.15, 0.2) is 48.5 Å². The van der Waals surface area contributed by atoms with Crippen molar-refractivity contribution < 1.29 is 19.4 Å². The Kier molecular flexibility index (Phi) is 5.81. The number of benzene rings is 2. The summed E-state index contributed by atoms with van der Waals surface area (Å²) in [6, 6.07) is 16.7. The molecule has 1 unspecified atom stereocenters. The van der Waals surface area contributed by atoms with Crippen LogP contribution in [0.25, 0.3) is 11.1 Å². The van der Waals surface area contributed by atoms with Gasteiger partial charge in [-0.3, -0.25) is 4.79 Å². The van der Waals surface area contributed by atoms with E-state index in [1.54, 1.807) is 4.90 Å². The number of aliphatic carboxylic acids is 1. The summed E-state index contributed by atoms with van der Waals surface area (Å²) < 4.78 is 5.74. The SMILES string of the molecule is O=C(O)CNC1CCCN(C(=O)OCC2c3ccccc3-c3ccccc32)CC1. The summed E-state index contributed by atoms with van der Waals surface area (Å²) in [5.41, 5.74) is 4.84. The number of carbonyl (C=O) groups is 2. The van der Waals surface area contributed by atoms with E-state index in [2.05, 4.69) is 29.6 Å². The summed E-state index contributed by atoms with van der Waals surface area (Å²) in [7, 11) is 0. The lowest BCUT2D eigenvalue weighted by Gasteiger charge is -2.22. The number of amides is 1. The van der Waals surface area contributed by atoms with Crippen LogP contribution < -0.4 is 5.32 Å². The molecular formula is C23H26N2O4. The smallest absolute Gasteiger partial charge is 0.409 e. The highest BCUT2D eigenvalue weighted by atomic mass is 16.6. The number of carbonyl (C=O) groups excluding carboxylic acids is 1. The van der Waals surface area contributed by atoms with E-state index >= 15 is 0 Å². The second-order valence-electron chi connectivity index (χ2n) is 7.69. The van der Waals surface area contributed by atoms with Crippen LogP contribution in [0.5, 0.6) is 0 Å². The Hall–Kier alpha value is -2.86. The zero-order valence-corrected chi connectivity index (χ0v) is 16.3. The van der Waals surface area contributed by atoms with E-state index in [9.17, 15) is 9.59 Å². The van der Waals surface area contributed by atoms with E-state index in [0.29, 0.717) is 19.7 Å². The minimum Gasteiger partial charge on any atom is -0.480 e. The molecule has 2 aliphatic rings. The summed E-state index contributed by atoms with van der Waals surface area (Å²) >= 11 is 0. The van der Waals surface area contributed by atoms with Gasteiger partial charge in [-0.05, 0) is 41.5 Å². The first-order valence-corrected chi connectivity index (χ1v) is 10.2. The van der Waals surface area contributed by atoms with E-state index in [4.69, 9.17) is 9.84 Å². The molecule has 1 fully saturated rings.